The molecule has 8 atom stereocenters. The van der Waals surface area contributed by atoms with Gasteiger partial charge in [0.15, 0.2) is 12.3 Å². The van der Waals surface area contributed by atoms with Gasteiger partial charge < -0.3 is 44.7 Å². The number of rotatable bonds is 10. The lowest BCUT2D eigenvalue weighted by molar-refractivity contribution is -0.243. The fraction of sp³-hybridized carbons (Fsp3) is 0.440. The first-order chi connectivity index (χ1) is 19.1. The van der Waals surface area contributed by atoms with Gasteiger partial charge in [-0.1, -0.05) is 30.3 Å². The minimum Gasteiger partial charge on any atom is -0.460 e. The third-order valence-electron chi connectivity index (χ3n) is 6.37. The van der Waals surface area contributed by atoms with Crippen molar-refractivity contribution in [2.45, 2.75) is 55.6 Å². The number of benzene rings is 1. The number of aliphatic hydroxyl groups excluding tert-OH is 3. The van der Waals surface area contributed by atoms with E-state index in [4.69, 9.17) is 29.4 Å². The van der Waals surface area contributed by atoms with Crippen molar-refractivity contribution in [3.05, 3.63) is 80.8 Å². The van der Waals surface area contributed by atoms with Crippen LogP contribution in [0.4, 0.5) is 0 Å². The summed E-state index contributed by atoms with van der Waals surface area (Å²) < 4.78 is 28.0. The number of carbonyl (C=O) groups excluding carboxylic acids is 2. The number of esters is 1. The van der Waals surface area contributed by atoms with Gasteiger partial charge in [0.25, 0.3) is 5.56 Å². The van der Waals surface area contributed by atoms with E-state index in [1.807, 2.05) is 35.3 Å². The molecule has 0 aliphatic carbocycles. The number of aromatic nitrogens is 2. The molecule has 15 nitrogen and oxygen atoms in total. The molecule has 2 aliphatic rings. The Morgan fingerprint density at radius 3 is 2.50 bits per heavy atom. The van der Waals surface area contributed by atoms with Crippen LogP contribution in [-0.2, 0) is 39.7 Å². The number of nitrogens with two attached hydrogens (primary N) is 1. The monoisotopic (exact) mass is 563 g/mol. The van der Waals surface area contributed by atoms with Gasteiger partial charge in [0.1, 0.15) is 30.5 Å². The summed E-state index contributed by atoms with van der Waals surface area (Å²) in [6, 6.07) is 10.2. The zero-order valence-corrected chi connectivity index (χ0v) is 21.2. The highest BCUT2D eigenvalue weighted by atomic mass is 16.7. The molecule has 216 valence electrons. The molecular formula is C25H29N3O12. The first-order valence-electron chi connectivity index (χ1n) is 12.2. The van der Waals surface area contributed by atoms with E-state index in [-0.39, 0.29) is 6.61 Å². The van der Waals surface area contributed by atoms with E-state index in [0.717, 1.165) is 28.5 Å². The molecule has 1 fully saturated rings. The summed E-state index contributed by atoms with van der Waals surface area (Å²) in [7, 11) is 1.20. The van der Waals surface area contributed by atoms with Crippen LogP contribution in [-0.4, -0.2) is 93.4 Å². The second-order valence-electron chi connectivity index (χ2n) is 9.03. The maximum absolute atomic E-state index is 12.6. The minimum absolute atomic E-state index is 0.00748. The maximum Gasteiger partial charge on any atom is 0.373 e. The van der Waals surface area contributed by atoms with Crippen LogP contribution in [0, 0.1) is 0 Å². The molecule has 1 amide bonds. The summed E-state index contributed by atoms with van der Waals surface area (Å²) in [5.74, 6) is -2.57. The normalized spacial score (nSPS) is 28.8. The van der Waals surface area contributed by atoms with Crippen molar-refractivity contribution in [1.82, 2.24) is 9.55 Å². The number of nitrogens with zero attached hydrogens (tertiary/aromatic N) is 1. The van der Waals surface area contributed by atoms with Crippen molar-refractivity contribution < 1.29 is 48.6 Å². The van der Waals surface area contributed by atoms with Crippen LogP contribution in [0.2, 0.25) is 0 Å². The first-order valence-corrected chi connectivity index (χ1v) is 12.2. The Bertz CT molecular complexity index is 1340. The Morgan fingerprint density at radius 1 is 1.12 bits per heavy atom. The fourth-order valence-electron chi connectivity index (χ4n) is 4.35. The molecule has 1 aromatic carbocycles. The second-order valence-corrected chi connectivity index (χ2v) is 9.03. The summed E-state index contributed by atoms with van der Waals surface area (Å²) in [6.45, 7) is -0.00748. The van der Waals surface area contributed by atoms with Crippen LogP contribution < -0.4 is 17.0 Å². The lowest BCUT2D eigenvalue weighted by Gasteiger charge is -2.34. The third-order valence-corrected chi connectivity index (χ3v) is 6.37. The molecule has 40 heavy (non-hydrogen) atoms. The lowest BCUT2D eigenvalue weighted by atomic mass is 10.0. The SMILES string of the molecule is CO[C@H]1[C@@H](O)[C@H](n2ccc(=O)[nH]c2=O)O[C@@H]1[C@@H](O[C@H]1OC(C(=O)OCCc2ccccc2)=C[C@H](O)[C@@H]1O)C(N)=O. The van der Waals surface area contributed by atoms with E-state index >= 15 is 0 Å². The molecule has 15 heteroatoms. The van der Waals surface area contributed by atoms with E-state index < -0.39 is 78.0 Å². The number of nitrogens with one attached hydrogen (secondary N) is 1. The van der Waals surface area contributed by atoms with Gasteiger partial charge in [-0.05, 0) is 11.6 Å². The van der Waals surface area contributed by atoms with Gasteiger partial charge in [-0.15, -0.1) is 0 Å². The number of aliphatic hydroxyl groups is 3. The van der Waals surface area contributed by atoms with Crippen molar-refractivity contribution in [1.29, 1.82) is 0 Å². The topological polar surface area (TPSA) is 222 Å². The Kier molecular flexibility index (Phi) is 9.14. The summed E-state index contributed by atoms with van der Waals surface area (Å²) in [5, 5.41) is 31.5. The summed E-state index contributed by atoms with van der Waals surface area (Å²) in [5.41, 5.74) is 4.85. The van der Waals surface area contributed by atoms with Gasteiger partial charge in [0.05, 0.1) is 6.61 Å². The van der Waals surface area contributed by atoms with Crippen molar-refractivity contribution in [2.24, 2.45) is 5.73 Å². The zero-order valence-electron chi connectivity index (χ0n) is 21.2. The highest BCUT2D eigenvalue weighted by molar-refractivity contribution is 5.86. The highest BCUT2D eigenvalue weighted by Crippen LogP contribution is 2.34. The van der Waals surface area contributed by atoms with Crippen molar-refractivity contribution in [2.75, 3.05) is 13.7 Å². The molecule has 0 bridgehead atoms. The maximum atomic E-state index is 12.6. The van der Waals surface area contributed by atoms with Gasteiger partial charge in [-0.3, -0.25) is 19.1 Å². The van der Waals surface area contributed by atoms with Crippen molar-refractivity contribution in [3.63, 3.8) is 0 Å². The van der Waals surface area contributed by atoms with Crippen LogP contribution >= 0.6 is 0 Å². The van der Waals surface area contributed by atoms with E-state index in [1.54, 1.807) is 0 Å². The van der Waals surface area contributed by atoms with Crippen LogP contribution in [0.25, 0.3) is 0 Å². The standard InChI is InChI=1S/C25H29N3O12/c1-36-18-17(32)22(28-9-7-15(30)27-25(28)35)39-19(18)20(21(26)33)40-24-16(31)13(29)11-14(38-24)23(34)37-10-8-12-5-3-2-4-6-12/h2-7,9,11,13,16-20,22,24,29,31-32H,8,10H2,1H3,(H2,26,33)(H,27,30,35)/t13-,16-,17+,18-,19-,20+,22+,24+/m0/s1. The number of methoxy groups -OCH3 is 1. The van der Waals surface area contributed by atoms with E-state index in [2.05, 4.69) is 0 Å². The molecule has 4 rings (SSSR count). The second kappa shape index (κ2) is 12.5. The van der Waals surface area contributed by atoms with Gasteiger partial charge in [0.2, 0.25) is 18.0 Å². The van der Waals surface area contributed by atoms with Crippen molar-refractivity contribution in [3.8, 4) is 0 Å². The summed E-state index contributed by atoms with van der Waals surface area (Å²) in [4.78, 5) is 50.7. The molecule has 3 heterocycles. The lowest BCUT2D eigenvalue weighted by Crippen LogP contribution is -2.53. The Balaban J connectivity index is 1.48. The van der Waals surface area contributed by atoms with E-state index in [0.29, 0.717) is 6.42 Å². The van der Waals surface area contributed by atoms with Crippen LogP contribution in [0.3, 0.4) is 0 Å². The van der Waals surface area contributed by atoms with E-state index in [1.165, 1.54) is 7.11 Å². The average Bonchev–Trinajstić information content (AvgIpc) is 3.24. The van der Waals surface area contributed by atoms with Gasteiger partial charge in [-0.2, -0.15) is 0 Å². The molecular weight excluding hydrogens is 534 g/mol. The molecule has 1 saturated heterocycles. The number of carbonyl (C=O) groups is 2. The number of aromatic amines is 1. The highest BCUT2D eigenvalue weighted by Gasteiger charge is 2.52. The summed E-state index contributed by atoms with van der Waals surface area (Å²) in [6.07, 6.45) is -10.3. The predicted molar refractivity (Wildman–Crippen MR) is 132 cm³/mol. The smallest absolute Gasteiger partial charge is 0.373 e. The average molecular weight is 564 g/mol. The molecule has 1 aromatic heterocycles. The largest absolute Gasteiger partial charge is 0.460 e. The Labute approximate surface area is 226 Å². The number of H-pyrrole nitrogens is 1. The number of hydrogen-bond donors (Lipinski definition) is 5. The fourth-order valence-corrected chi connectivity index (χ4v) is 4.35. The summed E-state index contributed by atoms with van der Waals surface area (Å²) >= 11 is 0. The predicted octanol–water partition coefficient (Wildman–Crippen LogP) is -2.57. The molecule has 2 aliphatic heterocycles. The first kappa shape index (κ1) is 29.1. The van der Waals surface area contributed by atoms with Crippen LogP contribution in [0.5, 0.6) is 0 Å². The quantitative estimate of drug-likeness (QED) is 0.188. The molecule has 6 N–H and O–H groups in total. The number of amides is 1. The zero-order chi connectivity index (χ0) is 29.0. The molecule has 0 spiro atoms. The van der Waals surface area contributed by atoms with E-state index in [9.17, 15) is 34.5 Å². The van der Waals surface area contributed by atoms with Gasteiger partial charge in [0, 0.05) is 25.8 Å². The Hall–Kier alpha value is -3.86. The molecule has 2 aromatic rings. The Morgan fingerprint density at radius 2 is 1.85 bits per heavy atom. The minimum atomic E-state index is -1.80. The van der Waals surface area contributed by atoms with Gasteiger partial charge >= 0.3 is 11.7 Å². The number of hydrogen-bond acceptors (Lipinski definition) is 12. The number of ether oxygens (including phenoxy) is 5. The van der Waals surface area contributed by atoms with Crippen molar-refractivity contribution >= 4 is 11.9 Å². The van der Waals surface area contributed by atoms with Crippen LogP contribution in [0.15, 0.2) is 64.0 Å². The van der Waals surface area contributed by atoms with Crippen LogP contribution in [0.1, 0.15) is 11.8 Å². The number of primary amides is 1. The third kappa shape index (κ3) is 6.30. The molecule has 0 unspecified atom stereocenters. The molecule has 0 radical (unpaired) electrons. The van der Waals surface area contributed by atoms with Gasteiger partial charge in [-0.25, -0.2) is 9.59 Å². The molecule has 0 saturated carbocycles.